The van der Waals surface area contributed by atoms with Gasteiger partial charge in [-0.05, 0) is 47.9 Å². The van der Waals surface area contributed by atoms with Crippen molar-refractivity contribution in [3.8, 4) is 16.9 Å². The quantitative estimate of drug-likeness (QED) is 0.437. The predicted octanol–water partition coefficient (Wildman–Crippen LogP) is 5.44. The summed E-state index contributed by atoms with van der Waals surface area (Å²) >= 11 is 5.98. The Hall–Kier alpha value is -3.57. The molecule has 0 aliphatic heterocycles. The molecular formula is C24H18ClNO4. The van der Waals surface area contributed by atoms with Crippen molar-refractivity contribution >= 4 is 34.2 Å². The van der Waals surface area contributed by atoms with Crippen LogP contribution in [0.3, 0.4) is 0 Å². The topological polar surface area (TPSA) is 68.5 Å². The molecule has 0 radical (unpaired) electrons. The van der Waals surface area contributed by atoms with Gasteiger partial charge < -0.3 is 14.5 Å². The molecule has 3 aromatic carbocycles. The number of hydrogen-bond donors (Lipinski definition) is 1. The number of carbonyl (C=O) groups is 1. The zero-order chi connectivity index (χ0) is 21.1. The summed E-state index contributed by atoms with van der Waals surface area (Å²) in [5.74, 6) is 0.105. The molecule has 1 aromatic heterocycles. The lowest BCUT2D eigenvalue weighted by molar-refractivity contribution is -0.118. The molecule has 0 bridgehead atoms. The minimum atomic E-state index is -0.451. The first kappa shape index (κ1) is 19.7. The Bertz CT molecular complexity index is 1280. The monoisotopic (exact) mass is 419 g/mol. The van der Waals surface area contributed by atoms with Gasteiger partial charge in [0.15, 0.2) is 6.61 Å². The molecule has 5 nitrogen and oxygen atoms in total. The van der Waals surface area contributed by atoms with Crippen LogP contribution in [-0.2, 0) is 4.79 Å². The van der Waals surface area contributed by atoms with Crippen molar-refractivity contribution < 1.29 is 13.9 Å². The first-order valence-electron chi connectivity index (χ1n) is 9.32. The summed E-state index contributed by atoms with van der Waals surface area (Å²) in [6.45, 7) is 1.68. The van der Waals surface area contributed by atoms with Gasteiger partial charge in [-0.1, -0.05) is 48.0 Å². The van der Waals surface area contributed by atoms with Crippen LogP contribution in [0.25, 0.3) is 22.1 Å². The van der Waals surface area contributed by atoms with E-state index in [4.69, 9.17) is 20.8 Å². The van der Waals surface area contributed by atoms with Gasteiger partial charge >= 0.3 is 5.63 Å². The first-order chi connectivity index (χ1) is 14.5. The largest absolute Gasteiger partial charge is 0.484 e. The standard InChI is InChI=1S/C24H18ClNO4/c1-15-7-8-17(25)11-21(15)26-23(27)14-29-18-9-10-19-20(16-5-3-2-4-6-16)13-24(28)30-22(19)12-18/h2-13H,14H2,1H3,(H,26,27). The van der Waals surface area contributed by atoms with E-state index in [-0.39, 0.29) is 12.5 Å². The van der Waals surface area contributed by atoms with Crippen LogP contribution in [-0.4, -0.2) is 12.5 Å². The highest BCUT2D eigenvalue weighted by atomic mass is 35.5. The maximum Gasteiger partial charge on any atom is 0.336 e. The second-order valence-electron chi connectivity index (χ2n) is 6.80. The van der Waals surface area contributed by atoms with Gasteiger partial charge in [0.2, 0.25) is 0 Å². The van der Waals surface area contributed by atoms with Crippen molar-refractivity contribution in [2.45, 2.75) is 6.92 Å². The maximum atomic E-state index is 12.3. The van der Waals surface area contributed by atoms with Crippen molar-refractivity contribution in [2.24, 2.45) is 0 Å². The fraction of sp³-hybridized carbons (Fsp3) is 0.0833. The van der Waals surface area contributed by atoms with E-state index in [0.29, 0.717) is 22.0 Å². The number of anilines is 1. The third kappa shape index (κ3) is 4.36. The van der Waals surface area contributed by atoms with Gasteiger partial charge in [0, 0.05) is 28.2 Å². The number of ether oxygens (including phenoxy) is 1. The van der Waals surface area contributed by atoms with Crippen LogP contribution in [0.15, 0.2) is 82.0 Å². The van der Waals surface area contributed by atoms with Crippen LogP contribution in [0, 0.1) is 6.92 Å². The summed E-state index contributed by atoms with van der Waals surface area (Å²) < 4.78 is 10.9. The van der Waals surface area contributed by atoms with Crippen LogP contribution < -0.4 is 15.7 Å². The predicted molar refractivity (Wildman–Crippen MR) is 118 cm³/mol. The number of carbonyl (C=O) groups excluding carboxylic acids is 1. The summed E-state index contributed by atoms with van der Waals surface area (Å²) in [6, 6.07) is 21.5. The third-order valence-electron chi connectivity index (χ3n) is 4.64. The summed E-state index contributed by atoms with van der Waals surface area (Å²) in [5, 5.41) is 4.10. The number of hydrogen-bond acceptors (Lipinski definition) is 4. The summed E-state index contributed by atoms with van der Waals surface area (Å²) in [7, 11) is 0. The zero-order valence-electron chi connectivity index (χ0n) is 16.1. The lowest BCUT2D eigenvalue weighted by Gasteiger charge is -2.11. The van der Waals surface area contributed by atoms with E-state index in [1.54, 1.807) is 24.3 Å². The number of rotatable bonds is 5. The molecule has 0 aliphatic rings. The van der Waals surface area contributed by atoms with E-state index in [9.17, 15) is 9.59 Å². The third-order valence-corrected chi connectivity index (χ3v) is 4.88. The Balaban J connectivity index is 1.53. The van der Waals surface area contributed by atoms with E-state index in [2.05, 4.69) is 5.32 Å². The molecule has 6 heteroatoms. The minimum absolute atomic E-state index is 0.194. The molecule has 0 unspecified atom stereocenters. The van der Waals surface area contributed by atoms with Gasteiger partial charge in [-0.15, -0.1) is 0 Å². The molecule has 1 heterocycles. The average molecular weight is 420 g/mol. The van der Waals surface area contributed by atoms with Crippen molar-refractivity contribution in [1.82, 2.24) is 0 Å². The highest BCUT2D eigenvalue weighted by Gasteiger charge is 2.11. The van der Waals surface area contributed by atoms with E-state index in [1.807, 2.05) is 49.4 Å². The van der Waals surface area contributed by atoms with Crippen molar-refractivity contribution in [1.29, 1.82) is 0 Å². The Labute approximate surface area is 177 Å². The van der Waals surface area contributed by atoms with Crippen molar-refractivity contribution in [2.75, 3.05) is 11.9 Å². The number of amides is 1. The number of aryl methyl sites for hydroxylation is 1. The maximum absolute atomic E-state index is 12.3. The van der Waals surface area contributed by atoms with Gasteiger partial charge in [-0.3, -0.25) is 4.79 Å². The molecule has 0 saturated heterocycles. The second-order valence-corrected chi connectivity index (χ2v) is 7.24. The fourth-order valence-corrected chi connectivity index (χ4v) is 3.33. The van der Waals surface area contributed by atoms with E-state index < -0.39 is 5.63 Å². The van der Waals surface area contributed by atoms with Gasteiger partial charge in [0.05, 0.1) is 0 Å². The zero-order valence-corrected chi connectivity index (χ0v) is 16.9. The highest BCUT2D eigenvalue weighted by Crippen LogP contribution is 2.29. The Kier molecular flexibility index (Phi) is 5.55. The number of benzene rings is 3. The summed E-state index contributed by atoms with van der Waals surface area (Å²) in [5.41, 5.74) is 3.17. The molecule has 4 aromatic rings. The lowest BCUT2D eigenvalue weighted by atomic mass is 10.0. The molecule has 0 fully saturated rings. The van der Waals surface area contributed by atoms with Crippen LogP contribution >= 0.6 is 11.6 Å². The Morgan fingerprint density at radius 3 is 2.63 bits per heavy atom. The van der Waals surface area contributed by atoms with Gasteiger partial charge in [-0.25, -0.2) is 4.79 Å². The van der Waals surface area contributed by atoms with Crippen molar-refractivity contribution in [3.05, 3.63) is 93.8 Å². The van der Waals surface area contributed by atoms with Crippen LogP contribution in [0.2, 0.25) is 5.02 Å². The van der Waals surface area contributed by atoms with Gasteiger partial charge in [-0.2, -0.15) is 0 Å². The smallest absolute Gasteiger partial charge is 0.336 e. The molecule has 0 atom stereocenters. The van der Waals surface area contributed by atoms with E-state index in [0.717, 1.165) is 22.1 Å². The molecule has 1 amide bonds. The molecular weight excluding hydrogens is 402 g/mol. The number of nitrogens with one attached hydrogen (secondary N) is 1. The minimum Gasteiger partial charge on any atom is -0.484 e. The van der Waals surface area contributed by atoms with Gasteiger partial charge in [0.1, 0.15) is 11.3 Å². The molecule has 150 valence electrons. The Morgan fingerprint density at radius 2 is 1.83 bits per heavy atom. The van der Waals surface area contributed by atoms with E-state index >= 15 is 0 Å². The fourth-order valence-electron chi connectivity index (χ4n) is 3.15. The molecule has 30 heavy (non-hydrogen) atoms. The number of halogens is 1. The number of fused-ring (bicyclic) bond motifs is 1. The molecule has 4 rings (SSSR count). The summed E-state index contributed by atoms with van der Waals surface area (Å²) in [4.78, 5) is 24.3. The summed E-state index contributed by atoms with van der Waals surface area (Å²) in [6.07, 6.45) is 0. The SMILES string of the molecule is Cc1ccc(Cl)cc1NC(=O)COc1ccc2c(-c3ccccc3)cc(=O)oc2c1. The van der Waals surface area contributed by atoms with Crippen LogP contribution in [0.4, 0.5) is 5.69 Å². The Morgan fingerprint density at radius 1 is 1.03 bits per heavy atom. The first-order valence-corrected chi connectivity index (χ1v) is 9.69. The van der Waals surface area contributed by atoms with Crippen LogP contribution in [0.1, 0.15) is 5.56 Å². The second kappa shape index (κ2) is 8.43. The molecule has 0 aliphatic carbocycles. The molecule has 0 saturated carbocycles. The van der Waals surface area contributed by atoms with Crippen molar-refractivity contribution in [3.63, 3.8) is 0 Å². The normalized spacial score (nSPS) is 10.7. The van der Waals surface area contributed by atoms with Gasteiger partial charge in [0.25, 0.3) is 5.91 Å². The molecule has 1 N–H and O–H groups in total. The van der Waals surface area contributed by atoms with Crippen LogP contribution in [0.5, 0.6) is 5.75 Å². The highest BCUT2D eigenvalue weighted by molar-refractivity contribution is 6.31. The molecule has 0 spiro atoms. The average Bonchev–Trinajstić information content (AvgIpc) is 2.74. The lowest BCUT2D eigenvalue weighted by Crippen LogP contribution is -2.20. The van der Waals surface area contributed by atoms with E-state index in [1.165, 1.54) is 6.07 Å².